The fourth-order valence-electron chi connectivity index (χ4n) is 2.27. The maximum Gasteiger partial charge on any atom is 0.146 e. The molecule has 0 aliphatic rings. The lowest BCUT2D eigenvalue weighted by atomic mass is 10.1. The van der Waals surface area contributed by atoms with Gasteiger partial charge in [-0.1, -0.05) is 31.2 Å². The molecule has 2 aromatic carbocycles. The maximum absolute atomic E-state index is 13.9. The molecule has 0 bridgehead atoms. The minimum atomic E-state index is -0.437. The molecule has 0 aliphatic heterocycles. The molecule has 20 heavy (non-hydrogen) atoms. The van der Waals surface area contributed by atoms with Gasteiger partial charge in [0.25, 0.3) is 0 Å². The first-order valence-corrected chi connectivity index (χ1v) is 6.97. The van der Waals surface area contributed by atoms with Gasteiger partial charge in [0.2, 0.25) is 0 Å². The molecule has 1 unspecified atom stereocenters. The number of aliphatic hydroxyl groups is 1. The van der Waals surface area contributed by atoms with Crippen molar-refractivity contribution in [2.75, 3.05) is 11.4 Å². The van der Waals surface area contributed by atoms with Crippen LogP contribution in [0.25, 0.3) is 0 Å². The topological polar surface area (TPSA) is 23.5 Å². The van der Waals surface area contributed by atoms with Gasteiger partial charge in [0, 0.05) is 12.2 Å². The first kappa shape index (κ1) is 14.5. The van der Waals surface area contributed by atoms with Crippen LogP contribution in [0.2, 0.25) is 0 Å². The highest BCUT2D eigenvalue weighted by molar-refractivity contribution is 5.63. The summed E-state index contributed by atoms with van der Waals surface area (Å²) < 4.78 is 13.9. The van der Waals surface area contributed by atoms with Crippen molar-refractivity contribution in [3.05, 3.63) is 59.9 Å². The van der Waals surface area contributed by atoms with Gasteiger partial charge >= 0.3 is 0 Å². The molecule has 0 saturated carbocycles. The van der Waals surface area contributed by atoms with E-state index in [1.807, 2.05) is 49.1 Å². The van der Waals surface area contributed by atoms with Crippen LogP contribution in [0.5, 0.6) is 0 Å². The third-order valence-corrected chi connectivity index (χ3v) is 3.44. The largest absolute Gasteiger partial charge is 0.388 e. The molecule has 0 amide bonds. The predicted octanol–water partition coefficient (Wildman–Crippen LogP) is 4.43. The summed E-state index contributed by atoms with van der Waals surface area (Å²) in [5.74, 6) is -0.230. The summed E-state index contributed by atoms with van der Waals surface area (Å²) in [6.07, 6.45) is 0.247. The predicted molar refractivity (Wildman–Crippen MR) is 80.8 cm³/mol. The van der Waals surface area contributed by atoms with Crippen LogP contribution in [0.15, 0.2) is 48.5 Å². The average molecular weight is 273 g/mol. The number of hydrogen-bond donors (Lipinski definition) is 1. The Bertz CT molecular complexity index is 553. The molecule has 0 radical (unpaired) electrons. The molecule has 1 atom stereocenters. The van der Waals surface area contributed by atoms with Crippen molar-refractivity contribution in [2.24, 2.45) is 0 Å². The number of hydrogen-bond acceptors (Lipinski definition) is 2. The van der Waals surface area contributed by atoms with Crippen molar-refractivity contribution in [1.29, 1.82) is 0 Å². The molecule has 1 N–H and O–H groups in total. The van der Waals surface area contributed by atoms with Crippen LogP contribution in [-0.2, 0) is 0 Å². The van der Waals surface area contributed by atoms with Gasteiger partial charge in [0.1, 0.15) is 5.82 Å². The van der Waals surface area contributed by atoms with E-state index in [0.717, 1.165) is 11.3 Å². The maximum atomic E-state index is 13.9. The number of benzene rings is 2. The number of rotatable bonds is 5. The summed E-state index contributed by atoms with van der Waals surface area (Å²) in [5, 5.41) is 9.80. The molecule has 0 spiro atoms. The first-order chi connectivity index (χ1) is 9.67. The van der Waals surface area contributed by atoms with Crippen LogP contribution in [0.1, 0.15) is 31.9 Å². The lowest BCUT2D eigenvalue weighted by molar-refractivity contribution is 0.173. The minimum absolute atomic E-state index is 0.230. The van der Waals surface area contributed by atoms with E-state index in [0.29, 0.717) is 18.7 Å². The molecular weight excluding hydrogens is 253 g/mol. The molecule has 3 heteroatoms. The minimum Gasteiger partial charge on any atom is -0.388 e. The number of aliphatic hydroxyl groups excluding tert-OH is 1. The Labute approximate surface area is 119 Å². The number of para-hydroxylation sites is 1. The monoisotopic (exact) mass is 273 g/mol. The Morgan fingerprint density at radius 1 is 1.05 bits per heavy atom. The van der Waals surface area contributed by atoms with Crippen molar-refractivity contribution in [2.45, 2.75) is 26.4 Å². The molecular formula is C17H20FNO. The third kappa shape index (κ3) is 2.99. The van der Waals surface area contributed by atoms with E-state index in [1.54, 1.807) is 12.1 Å². The van der Waals surface area contributed by atoms with Crippen molar-refractivity contribution >= 4 is 11.4 Å². The zero-order valence-electron chi connectivity index (χ0n) is 11.9. The van der Waals surface area contributed by atoms with Gasteiger partial charge in [0.15, 0.2) is 0 Å². The van der Waals surface area contributed by atoms with Crippen LogP contribution in [0, 0.1) is 5.82 Å². The average Bonchev–Trinajstić information content (AvgIpc) is 2.50. The lowest BCUT2D eigenvalue weighted by Crippen LogP contribution is -2.17. The summed E-state index contributed by atoms with van der Waals surface area (Å²) in [6.45, 7) is 4.61. The third-order valence-electron chi connectivity index (χ3n) is 3.44. The molecule has 2 aromatic rings. The smallest absolute Gasteiger partial charge is 0.146 e. The van der Waals surface area contributed by atoms with Crippen molar-refractivity contribution in [3.8, 4) is 0 Å². The van der Waals surface area contributed by atoms with Crippen LogP contribution in [-0.4, -0.2) is 11.7 Å². The molecule has 0 aliphatic carbocycles. The second kappa shape index (κ2) is 6.53. The van der Waals surface area contributed by atoms with Gasteiger partial charge in [-0.15, -0.1) is 0 Å². The lowest BCUT2D eigenvalue weighted by Gasteiger charge is -2.24. The molecule has 0 heterocycles. The zero-order chi connectivity index (χ0) is 14.5. The number of anilines is 2. The van der Waals surface area contributed by atoms with Crippen LogP contribution >= 0.6 is 0 Å². The summed E-state index contributed by atoms with van der Waals surface area (Å²) in [7, 11) is 0. The van der Waals surface area contributed by atoms with E-state index in [-0.39, 0.29) is 5.82 Å². The van der Waals surface area contributed by atoms with E-state index >= 15 is 0 Å². The highest BCUT2D eigenvalue weighted by Crippen LogP contribution is 2.28. The van der Waals surface area contributed by atoms with Gasteiger partial charge in [-0.3, -0.25) is 0 Å². The van der Waals surface area contributed by atoms with Gasteiger partial charge in [-0.05, 0) is 43.2 Å². The van der Waals surface area contributed by atoms with Crippen molar-refractivity contribution in [3.63, 3.8) is 0 Å². The summed E-state index contributed by atoms with van der Waals surface area (Å²) in [6, 6.07) is 14.4. The summed E-state index contributed by atoms with van der Waals surface area (Å²) in [4.78, 5) is 1.91. The Kier molecular flexibility index (Phi) is 4.74. The van der Waals surface area contributed by atoms with Gasteiger partial charge in [-0.25, -0.2) is 4.39 Å². The fraction of sp³-hybridized carbons (Fsp3) is 0.294. The molecule has 0 fully saturated rings. The Hall–Kier alpha value is -1.87. The van der Waals surface area contributed by atoms with E-state index in [9.17, 15) is 9.50 Å². The van der Waals surface area contributed by atoms with Crippen LogP contribution in [0.4, 0.5) is 15.8 Å². The zero-order valence-corrected chi connectivity index (χ0v) is 11.9. The van der Waals surface area contributed by atoms with Crippen molar-refractivity contribution < 1.29 is 9.50 Å². The van der Waals surface area contributed by atoms with Gasteiger partial charge < -0.3 is 10.0 Å². The number of nitrogens with zero attached hydrogens (tertiary/aromatic N) is 1. The Morgan fingerprint density at radius 2 is 1.70 bits per heavy atom. The van der Waals surface area contributed by atoms with E-state index in [2.05, 4.69) is 0 Å². The standard InChI is InChI=1S/C17H20FNO/c1-3-17(20)13-9-11-14(12-10-13)19(4-2)16-8-6-5-7-15(16)18/h5-12,17,20H,3-4H2,1-2H3. The molecule has 0 aromatic heterocycles. The number of halogens is 1. The molecule has 2 rings (SSSR count). The first-order valence-electron chi connectivity index (χ1n) is 6.97. The summed E-state index contributed by atoms with van der Waals surface area (Å²) in [5.41, 5.74) is 2.38. The van der Waals surface area contributed by atoms with Crippen LogP contribution < -0.4 is 4.90 Å². The van der Waals surface area contributed by atoms with Gasteiger partial charge in [-0.2, -0.15) is 0 Å². The molecule has 0 saturated heterocycles. The Morgan fingerprint density at radius 3 is 2.25 bits per heavy atom. The van der Waals surface area contributed by atoms with E-state index in [4.69, 9.17) is 0 Å². The highest BCUT2D eigenvalue weighted by atomic mass is 19.1. The van der Waals surface area contributed by atoms with Crippen LogP contribution in [0.3, 0.4) is 0 Å². The second-order valence-corrected chi connectivity index (χ2v) is 4.71. The normalized spacial score (nSPS) is 12.2. The fourth-order valence-corrected chi connectivity index (χ4v) is 2.27. The summed E-state index contributed by atoms with van der Waals surface area (Å²) >= 11 is 0. The molecule has 106 valence electrons. The second-order valence-electron chi connectivity index (χ2n) is 4.71. The van der Waals surface area contributed by atoms with Crippen molar-refractivity contribution in [1.82, 2.24) is 0 Å². The van der Waals surface area contributed by atoms with E-state index < -0.39 is 6.10 Å². The molecule has 2 nitrogen and oxygen atoms in total. The highest BCUT2D eigenvalue weighted by Gasteiger charge is 2.12. The van der Waals surface area contributed by atoms with E-state index in [1.165, 1.54) is 6.07 Å². The quantitative estimate of drug-likeness (QED) is 0.871. The SMILES string of the molecule is CCC(O)c1ccc(N(CC)c2ccccc2F)cc1. The Balaban J connectivity index is 2.31. The van der Waals surface area contributed by atoms with Gasteiger partial charge in [0.05, 0.1) is 11.8 Å².